The van der Waals surface area contributed by atoms with Gasteiger partial charge in [0.2, 0.25) is 0 Å². The molecule has 0 aliphatic carbocycles. The molecule has 1 aliphatic rings. The highest BCUT2D eigenvalue weighted by Gasteiger charge is 2.28. The van der Waals surface area contributed by atoms with Crippen LogP contribution in [0.2, 0.25) is 0 Å². The topological polar surface area (TPSA) is 71.7 Å². The van der Waals surface area contributed by atoms with Gasteiger partial charge >= 0.3 is 0 Å². The van der Waals surface area contributed by atoms with Gasteiger partial charge in [0.1, 0.15) is 17.1 Å². The second-order valence-electron chi connectivity index (χ2n) is 4.80. The van der Waals surface area contributed by atoms with Crippen molar-refractivity contribution in [1.82, 2.24) is 9.38 Å². The van der Waals surface area contributed by atoms with Crippen LogP contribution in [-0.2, 0) is 16.3 Å². The van der Waals surface area contributed by atoms with E-state index in [0.29, 0.717) is 18.4 Å². The smallest absolute Gasteiger partial charge is 0.150 e. The zero-order valence-electron chi connectivity index (χ0n) is 9.78. The van der Waals surface area contributed by atoms with Gasteiger partial charge in [-0.15, -0.1) is 0 Å². The van der Waals surface area contributed by atoms with Crippen LogP contribution < -0.4 is 0 Å². The highest BCUT2D eigenvalue weighted by atomic mass is 32.2. The fourth-order valence-electron chi connectivity index (χ4n) is 2.50. The third-order valence-electron chi connectivity index (χ3n) is 3.42. The Labute approximate surface area is 105 Å². The number of nitrogens with zero attached hydrogens (tertiary/aromatic N) is 2. The van der Waals surface area contributed by atoms with Crippen LogP contribution in [0.15, 0.2) is 24.5 Å². The minimum atomic E-state index is -2.85. The first-order valence-corrected chi connectivity index (χ1v) is 7.72. The van der Waals surface area contributed by atoms with Gasteiger partial charge in [0, 0.05) is 12.6 Å². The van der Waals surface area contributed by atoms with E-state index in [2.05, 4.69) is 4.98 Å². The minimum absolute atomic E-state index is 0.142. The van der Waals surface area contributed by atoms with E-state index in [4.69, 9.17) is 0 Å². The molecule has 5 nitrogen and oxygen atoms in total. The van der Waals surface area contributed by atoms with Crippen molar-refractivity contribution in [3.8, 4) is 5.75 Å². The average molecular weight is 266 g/mol. The quantitative estimate of drug-likeness (QED) is 0.880. The molecule has 0 amide bonds. The van der Waals surface area contributed by atoms with E-state index in [-0.39, 0.29) is 23.2 Å². The molecule has 1 aliphatic heterocycles. The maximum Gasteiger partial charge on any atom is 0.150 e. The van der Waals surface area contributed by atoms with E-state index in [1.807, 2.05) is 10.6 Å². The van der Waals surface area contributed by atoms with E-state index in [1.54, 1.807) is 18.3 Å². The molecule has 1 unspecified atom stereocenters. The molecule has 96 valence electrons. The van der Waals surface area contributed by atoms with Gasteiger partial charge < -0.3 is 9.51 Å². The Kier molecular flexibility index (Phi) is 2.55. The van der Waals surface area contributed by atoms with Crippen LogP contribution >= 0.6 is 0 Å². The lowest BCUT2D eigenvalue weighted by atomic mass is 10.1. The van der Waals surface area contributed by atoms with Crippen LogP contribution in [0, 0.1) is 5.92 Å². The molecule has 2 aromatic heterocycles. The summed E-state index contributed by atoms with van der Waals surface area (Å²) in [5.41, 5.74) is 0.661. The van der Waals surface area contributed by atoms with Gasteiger partial charge in [-0.3, -0.25) is 0 Å². The zero-order valence-corrected chi connectivity index (χ0v) is 10.6. The molecule has 6 heteroatoms. The number of rotatable bonds is 2. The molecule has 1 saturated heterocycles. The molecule has 3 rings (SSSR count). The monoisotopic (exact) mass is 266 g/mol. The predicted molar refractivity (Wildman–Crippen MR) is 67.3 cm³/mol. The minimum Gasteiger partial charge on any atom is -0.506 e. The molecule has 0 spiro atoms. The molecule has 2 aromatic rings. The summed E-state index contributed by atoms with van der Waals surface area (Å²) in [6.07, 6.45) is 4.79. The lowest BCUT2D eigenvalue weighted by Crippen LogP contribution is -2.09. The molecule has 1 fully saturated rings. The molecule has 0 radical (unpaired) electrons. The Hall–Kier alpha value is -1.56. The van der Waals surface area contributed by atoms with Crippen molar-refractivity contribution in [2.45, 2.75) is 12.8 Å². The van der Waals surface area contributed by atoms with Crippen molar-refractivity contribution in [2.75, 3.05) is 11.5 Å². The average Bonchev–Trinajstić information content (AvgIpc) is 2.85. The summed E-state index contributed by atoms with van der Waals surface area (Å²) in [4.78, 5) is 4.28. The molecular weight excluding hydrogens is 252 g/mol. The van der Waals surface area contributed by atoms with E-state index >= 15 is 0 Å². The summed E-state index contributed by atoms with van der Waals surface area (Å²) < 4.78 is 24.7. The second-order valence-corrected chi connectivity index (χ2v) is 7.03. The maximum absolute atomic E-state index is 11.4. The maximum atomic E-state index is 11.4. The number of aromatic hydroxyl groups is 1. The first kappa shape index (κ1) is 11.5. The van der Waals surface area contributed by atoms with Gasteiger partial charge in [-0.1, -0.05) is 0 Å². The van der Waals surface area contributed by atoms with Gasteiger partial charge in [0.25, 0.3) is 0 Å². The number of aromatic nitrogens is 2. The van der Waals surface area contributed by atoms with E-state index < -0.39 is 9.84 Å². The largest absolute Gasteiger partial charge is 0.506 e. The Balaban J connectivity index is 1.90. The highest BCUT2D eigenvalue weighted by molar-refractivity contribution is 7.91. The lowest BCUT2D eigenvalue weighted by Gasteiger charge is -2.06. The van der Waals surface area contributed by atoms with E-state index in [1.165, 1.54) is 0 Å². The normalized spacial score (nSPS) is 22.6. The third kappa shape index (κ3) is 1.96. The SMILES string of the molecule is O=S1(=O)CCC(Cc2ncc3c(O)cccn23)C1. The summed E-state index contributed by atoms with van der Waals surface area (Å²) in [5, 5.41) is 9.67. The fourth-order valence-corrected chi connectivity index (χ4v) is 4.36. The van der Waals surface area contributed by atoms with E-state index in [0.717, 1.165) is 5.82 Å². The number of hydrogen-bond acceptors (Lipinski definition) is 4. The molecule has 0 bridgehead atoms. The Morgan fingerprint density at radius 3 is 3.06 bits per heavy atom. The first-order valence-electron chi connectivity index (χ1n) is 5.89. The summed E-state index contributed by atoms with van der Waals surface area (Å²) in [7, 11) is -2.85. The van der Waals surface area contributed by atoms with Gasteiger partial charge in [-0.2, -0.15) is 0 Å². The van der Waals surface area contributed by atoms with Crippen LogP contribution in [0.1, 0.15) is 12.2 Å². The second kappa shape index (κ2) is 3.98. The highest BCUT2D eigenvalue weighted by Crippen LogP contribution is 2.24. The number of fused-ring (bicyclic) bond motifs is 1. The Bertz CT molecular complexity index is 690. The molecule has 1 atom stereocenters. The van der Waals surface area contributed by atoms with Crippen molar-refractivity contribution in [3.05, 3.63) is 30.4 Å². The van der Waals surface area contributed by atoms with Crippen LogP contribution in [0.3, 0.4) is 0 Å². The van der Waals surface area contributed by atoms with Gasteiger partial charge in [-0.25, -0.2) is 13.4 Å². The summed E-state index contributed by atoms with van der Waals surface area (Å²) in [5.74, 6) is 1.67. The third-order valence-corrected chi connectivity index (χ3v) is 5.26. The molecule has 0 aromatic carbocycles. The number of sulfone groups is 1. The van der Waals surface area contributed by atoms with Crippen molar-refractivity contribution in [2.24, 2.45) is 5.92 Å². The van der Waals surface area contributed by atoms with Crippen molar-refractivity contribution < 1.29 is 13.5 Å². The summed E-state index contributed by atoms with van der Waals surface area (Å²) in [6, 6.07) is 3.36. The standard InChI is InChI=1S/C12H14N2O3S/c15-11-2-1-4-14-10(11)7-13-12(14)6-9-3-5-18(16,17)8-9/h1-2,4,7,9,15H,3,5-6,8H2. The van der Waals surface area contributed by atoms with Gasteiger partial charge in [0.05, 0.1) is 17.7 Å². The van der Waals surface area contributed by atoms with Gasteiger partial charge in [-0.05, 0) is 24.5 Å². The van der Waals surface area contributed by atoms with Crippen LogP contribution in [0.5, 0.6) is 5.75 Å². The molecule has 1 N–H and O–H groups in total. The van der Waals surface area contributed by atoms with Crippen LogP contribution in [0.25, 0.3) is 5.52 Å². The summed E-state index contributed by atoms with van der Waals surface area (Å²) in [6.45, 7) is 0. The van der Waals surface area contributed by atoms with E-state index in [9.17, 15) is 13.5 Å². The molecule has 3 heterocycles. The van der Waals surface area contributed by atoms with Crippen molar-refractivity contribution >= 4 is 15.4 Å². The molecular formula is C12H14N2O3S. The number of hydrogen-bond donors (Lipinski definition) is 1. The van der Waals surface area contributed by atoms with Crippen molar-refractivity contribution in [1.29, 1.82) is 0 Å². The Morgan fingerprint density at radius 2 is 2.33 bits per heavy atom. The summed E-state index contributed by atoms with van der Waals surface area (Å²) >= 11 is 0. The van der Waals surface area contributed by atoms with Crippen LogP contribution in [0.4, 0.5) is 0 Å². The van der Waals surface area contributed by atoms with Crippen LogP contribution in [-0.4, -0.2) is 34.4 Å². The first-order chi connectivity index (χ1) is 8.55. The molecule has 0 saturated carbocycles. The van der Waals surface area contributed by atoms with Gasteiger partial charge in [0.15, 0.2) is 9.84 Å². The zero-order chi connectivity index (χ0) is 12.8. The lowest BCUT2D eigenvalue weighted by molar-refractivity contribution is 0.478. The van der Waals surface area contributed by atoms with Crippen molar-refractivity contribution in [3.63, 3.8) is 0 Å². The Morgan fingerprint density at radius 1 is 1.50 bits per heavy atom. The fraction of sp³-hybridized carbons (Fsp3) is 0.417. The number of imidazole rings is 1. The number of pyridine rings is 1. The predicted octanol–water partition coefficient (Wildman–Crippen LogP) is 1.02. The molecule has 18 heavy (non-hydrogen) atoms.